The van der Waals surface area contributed by atoms with Crippen molar-refractivity contribution in [3.63, 3.8) is 0 Å². The molecule has 108 valence electrons. The second-order valence-corrected chi connectivity index (χ2v) is 4.59. The predicted octanol–water partition coefficient (Wildman–Crippen LogP) is 1.94. The molecule has 1 amide bonds. The smallest absolute Gasteiger partial charge is 0.251 e. The third-order valence-corrected chi connectivity index (χ3v) is 3.09. The van der Waals surface area contributed by atoms with Gasteiger partial charge in [0.2, 0.25) is 0 Å². The van der Waals surface area contributed by atoms with E-state index in [0.29, 0.717) is 17.8 Å². The number of benzene rings is 1. The summed E-state index contributed by atoms with van der Waals surface area (Å²) in [5.41, 5.74) is 6.90. The average Bonchev–Trinajstić information content (AvgIpc) is 3.13. The van der Waals surface area contributed by atoms with E-state index in [9.17, 15) is 4.79 Å². The highest BCUT2D eigenvalue weighted by atomic mass is 35.5. The maximum Gasteiger partial charge on any atom is 0.251 e. The first-order chi connectivity index (χ1) is 8.16. The highest BCUT2D eigenvalue weighted by Gasteiger charge is 2.25. The molecule has 1 aromatic carbocycles. The van der Waals surface area contributed by atoms with Gasteiger partial charge < -0.3 is 16.0 Å². The maximum atomic E-state index is 11.8. The van der Waals surface area contributed by atoms with Crippen LogP contribution < -0.4 is 11.1 Å². The van der Waals surface area contributed by atoms with Crippen molar-refractivity contribution in [1.29, 1.82) is 0 Å². The van der Waals surface area contributed by atoms with Gasteiger partial charge in [0.15, 0.2) is 0 Å². The van der Waals surface area contributed by atoms with Crippen LogP contribution in [0.15, 0.2) is 24.3 Å². The zero-order valence-electron chi connectivity index (χ0n) is 11.0. The average molecular weight is 306 g/mol. The van der Waals surface area contributed by atoms with Crippen molar-refractivity contribution in [2.45, 2.75) is 18.9 Å². The largest absolute Gasteiger partial charge is 0.399 e. The van der Waals surface area contributed by atoms with Crippen LogP contribution in [-0.2, 0) is 0 Å². The molecule has 1 saturated carbocycles. The van der Waals surface area contributed by atoms with Gasteiger partial charge in [0.25, 0.3) is 5.91 Å². The van der Waals surface area contributed by atoms with Crippen molar-refractivity contribution in [1.82, 2.24) is 10.2 Å². The third-order valence-electron chi connectivity index (χ3n) is 3.09. The number of rotatable bonds is 5. The lowest BCUT2D eigenvalue weighted by molar-refractivity contribution is 0.0949. The molecular formula is C13H21Cl2N3O. The van der Waals surface area contributed by atoms with Crippen molar-refractivity contribution in [3.8, 4) is 0 Å². The van der Waals surface area contributed by atoms with Gasteiger partial charge in [0, 0.05) is 30.4 Å². The van der Waals surface area contributed by atoms with Gasteiger partial charge in [-0.3, -0.25) is 4.79 Å². The molecule has 0 bridgehead atoms. The van der Waals surface area contributed by atoms with Gasteiger partial charge in [-0.15, -0.1) is 24.8 Å². The van der Waals surface area contributed by atoms with Gasteiger partial charge in [-0.25, -0.2) is 0 Å². The number of anilines is 1. The van der Waals surface area contributed by atoms with Crippen LogP contribution in [0.25, 0.3) is 0 Å². The molecule has 0 atom stereocenters. The maximum absolute atomic E-state index is 11.8. The van der Waals surface area contributed by atoms with E-state index in [1.807, 2.05) is 0 Å². The monoisotopic (exact) mass is 305 g/mol. The minimum atomic E-state index is -0.0332. The van der Waals surface area contributed by atoms with E-state index >= 15 is 0 Å². The van der Waals surface area contributed by atoms with Gasteiger partial charge in [-0.2, -0.15) is 0 Å². The van der Waals surface area contributed by atoms with Gasteiger partial charge in [-0.05, 0) is 44.2 Å². The predicted molar refractivity (Wildman–Crippen MR) is 83.3 cm³/mol. The highest BCUT2D eigenvalue weighted by Crippen LogP contribution is 2.24. The lowest BCUT2D eigenvalue weighted by Gasteiger charge is -2.15. The molecule has 1 aliphatic rings. The lowest BCUT2D eigenvalue weighted by Crippen LogP contribution is -2.33. The standard InChI is InChI=1S/C13H19N3O.2ClH/c1-16(12-6-7-12)9-8-15-13(17)10-2-4-11(14)5-3-10;;/h2-5,12H,6-9,14H2,1H3,(H,15,17);2*1H. The zero-order valence-corrected chi connectivity index (χ0v) is 12.6. The Morgan fingerprint density at radius 1 is 1.32 bits per heavy atom. The molecule has 1 aliphatic carbocycles. The molecule has 19 heavy (non-hydrogen) atoms. The Hall–Kier alpha value is -0.970. The zero-order chi connectivity index (χ0) is 12.3. The molecule has 4 nitrogen and oxygen atoms in total. The molecule has 0 saturated heterocycles. The van der Waals surface area contributed by atoms with E-state index in [0.717, 1.165) is 12.6 Å². The van der Waals surface area contributed by atoms with Crippen LogP contribution in [0.5, 0.6) is 0 Å². The molecule has 0 unspecified atom stereocenters. The van der Waals surface area contributed by atoms with E-state index in [1.165, 1.54) is 12.8 Å². The van der Waals surface area contributed by atoms with Crippen LogP contribution in [0.3, 0.4) is 0 Å². The normalized spacial score (nSPS) is 13.4. The van der Waals surface area contributed by atoms with Crippen LogP contribution in [0, 0.1) is 0 Å². The van der Waals surface area contributed by atoms with E-state index < -0.39 is 0 Å². The van der Waals surface area contributed by atoms with Crippen molar-refractivity contribution >= 4 is 36.4 Å². The van der Waals surface area contributed by atoms with Gasteiger partial charge in [0.05, 0.1) is 0 Å². The van der Waals surface area contributed by atoms with E-state index in [2.05, 4.69) is 17.3 Å². The summed E-state index contributed by atoms with van der Waals surface area (Å²) in [5, 5.41) is 2.91. The van der Waals surface area contributed by atoms with Crippen LogP contribution in [0.1, 0.15) is 23.2 Å². The minimum absolute atomic E-state index is 0. The Morgan fingerprint density at radius 3 is 2.42 bits per heavy atom. The lowest BCUT2D eigenvalue weighted by atomic mass is 10.2. The Bertz CT molecular complexity index is 393. The van der Waals surface area contributed by atoms with E-state index in [4.69, 9.17) is 5.73 Å². The number of carbonyl (C=O) groups is 1. The van der Waals surface area contributed by atoms with Crippen molar-refractivity contribution < 1.29 is 4.79 Å². The Kier molecular flexibility index (Phi) is 7.83. The summed E-state index contributed by atoms with van der Waals surface area (Å²) in [6.45, 7) is 1.60. The molecule has 0 radical (unpaired) electrons. The summed E-state index contributed by atoms with van der Waals surface area (Å²) in [6, 6.07) is 7.71. The van der Waals surface area contributed by atoms with E-state index in [-0.39, 0.29) is 30.7 Å². The molecule has 0 spiro atoms. The summed E-state index contributed by atoms with van der Waals surface area (Å²) in [5.74, 6) is -0.0332. The number of nitrogens with two attached hydrogens (primary N) is 1. The van der Waals surface area contributed by atoms with Crippen molar-refractivity contribution in [2.75, 3.05) is 25.9 Å². The Balaban J connectivity index is 0.00000162. The van der Waals surface area contributed by atoms with E-state index in [1.54, 1.807) is 24.3 Å². The first-order valence-corrected chi connectivity index (χ1v) is 6.01. The molecular weight excluding hydrogens is 285 g/mol. The minimum Gasteiger partial charge on any atom is -0.399 e. The van der Waals surface area contributed by atoms with Crippen LogP contribution in [0.2, 0.25) is 0 Å². The van der Waals surface area contributed by atoms with Crippen LogP contribution >= 0.6 is 24.8 Å². The summed E-state index contributed by atoms with van der Waals surface area (Å²) < 4.78 is 0. The molecule has 0 heterocycles. The molecule has 1 aromatic rings. The molecule has 0 aromatic heterocycles. The fourth-order valence-corrected chi connectivity index (χ4v) is 1.78. The van der Waals surface area contributed by atoms with Crippen LogP contribution in [0.4, 0.5) is 5.69 Å². The number of carbonyl (C=O) groups excluding carboxylic acids is 1. The molecule has 2 rings (SSSR count). The summed E-state index contributed by atoms with van der Waals surface area (Å²) >= 11 is 0. The fraction of sp³-hybridized carbons (Fsp3) is 0.462. The topological polar surface area (TPSA) is 58.4 Å². The van der Waals surface area contributed by atoms with Gasteiger partial charge in [0.1, 0.15) is 0 Å². The number of halogens is 2. The number of hydrogen-bond acceptors (Lipinski definition) is 3. The molecule has 3 N–H and O–H groups in total. The number of amides is 1. The van der Waals surface area contributed by atoms with Crippen molar-refractivity contribution in [3.05, 3.63) is 29.8 Å². The second kappa shape index (κ2) is 8.25. The number of nitrogens with zero attached hydrogens (tertiary/aromatic N) is 1. The van der Waals surface area contributed by atoms with Gasteiger partial charge >= 0.3 is 0 Å². The highest BCUT2D eigenvalue weighted by molar-refractivity contribution is 5.94. The quantitative estimate of drug-likeness (QED) is 0.817. The molecule has 0 aliphatic heterocycles. The third kappa shape index (κ3) is 5.68. The Labute approximate surface area is 126 Å². The first kappa shape index (κ1) is 18.0. The number of nitrogen functional groups attached to an aromatic ring is 1. The Morgan fingerprint density at radius 2 is 1.89 bits per heavy atom. The number of likely N-dealkylation sites (N-methyl/N-ethyl adjacent to an activating group) is 1. The van der Waals surface area contributed by atoms with Crippen LogP contribution in [-0.4, -0.2) is 37.0 Å². The molecule has 6 heteroatoms. The molecule has 1 fully saturated rings. The SMILES string of the molecule is CN(CCNC(=O)c1ccc(N)cc1)C1CC1.Cl.Cl. The fourth-order valence-electron chi connectivity index (χ4n) is 1.78. The number of nitrogens with one attached hydrogen (secondary N) is 1. The summed E-state index contributed by atoms with van der Waals surface area (Å²) in [6.07, 6.45) is 2.59. The van der Waals surface area contributed by atoms with Crippen molar-refractivity contribution in [2.24, 2.45) is 0 Å². The van der Waals surface area contributed by atoms with Gasteiger partial charge in [-0.1, -0.05) is 0 Å². The second-order valence-electron chi connectivity index (χ2n) is 4.59. The number of hydrogen-bond donors (Lipinski definition) is 2. The first-order valence-electron chi connectivity index (χ1n) is 6.01. The summed E-state index contributed by atoms with van der Waals surface area (Å²) in [4.78, 5) is 14.0. The summed E-state index contributed by atoms with van der Waals surface area (Å²) in [7, 11) is 2.10.